The molecule has 2 aromatic rings. The highest BCUT2D eigenvalue weighted by molar-refractivity contribution is 7.99. The number of rotatable bonds is 6. The molecule has 1 aromatic heterocycles. The van der Waals surface area contributed by atoms with Gasteiger partial charge in [0.15, 0.2) is 0 Å². The standard InChI is InChI=1S/C15H18FN3OS/c1-18(10-12-9-17-19(2)11-12)15(20)7-8-21-14-5-3-13(16)4-6-14/h3-6,9,11H,7-8,10H2,1-2H3. The van der Waals surface area contributed by atoms with Crippen molar-refractivity contribution in [2.45, 2.75) is 17.9 Å². The third-order valence-corrected chi connectivity index (χ3v) is 4.02. The molecule has 21 heavy (non-hydrogen) atoms. The van der Waals surface area contributed by atoms with Crippen molar-refractivity contribution < 1.29 is 9.18 Å². The Hall–Kier alpha value is -1.82. The monoisotopic (exact) mass is 307 g/mol. The summed E-state index contributed by atoms with van der Waals surface area (Å²) < 4.78 is 14.5. The Morgan fingerprint density at radius 1 is 1.38 bits per heavy atom. The molecule has 0 aliphatic heterocycles. The highest BCUT2D eigenvalue weighted by atomic mass is 32.2. The van der Waals surface area contributed by atoms with Crippen LogP contribution in [-0.2, 0) is 18.4 Å². The molecule has 1 aromatic carbocycles. The van der Waals surface area contributed by atoms with E-state index in [1.807, 2.05) is 13.2 Å². The minimum atomic E-state index is -0.244. The predicted octanol–water partition coefficient (Wildman–Crippen LogP) is 2.70. The van der Waals surface area contributed by atoms with Crippen molar-refractivity contribution in [1.82, 2.24) is 14.7 Å². The maximum absolute atomic E-state index is 12.8. The molecule has 0 bridgehead atoms. The first-order valence-electron chi connectivity index (χ1n) is 6.64. The van der Waals surface area contributed by atoms with Gasteiger partial charge in [0.2, 0.25) is 5.91 Å². The van der Waals surface area contributed by atoms with Gasteiger partial charge in [-0.05, 0) is 24.3 Å². The molecule has 0 aliphatic carbocycles. The average molecular weight is 307 g/mol. The summed E-state index contributed by atoms with van der Waals surface area (Å²) in [4.78, 5) is 14.7. The van der Waals surface area contributed by atoms with Crippen LogP contribution >= 0.6 is 11.8 Å². The highest BCUT2D eigenvalue weighted by Crippen LogP contribution is 2.19. The third-order valence-electron chi connectivity index (χ3n) is 3.00. The van der Waals surface area contributed by atoms with Gasteiger partial charge in [-0.2, -0.15) is 5.10 Å². The van der Waals surface area contributed by atoms with Gasteiger partial charge in [0, 0.05) is 49.5 Å². The van der Waals surface area contributed by atoms with E-state index in [1.165, 1.54) is 12.1 Å². The zero-order valence-electron chi connectivity index (χ0n) is 12.1. The number of nitrogens with zero attached hydrogens (tertiary/aromatic N) is 3. The Kier molecular flexibility index (Phi) is 5.38. The van der Waals surface area contributed by atoms with E-state index in [0.29, 0.717) is 18.7 Å². The normalized spacial score (nSPS) is 10.6. The number of thioether (sulfide) groups is 1. The maximum atomic E-state index is 12.8. The van der Waals surface area contributed by atoms with E-state index in [-0.39, 0.29) is 11.7 Å². The highest BCUT2D eigenvalue weighted by Gasteiger charge is 2.10. The number of hydrogen-bond acceptors (Lipinski definition) is 3. The van der Waals surface area contributed by atoms with Crippen LogP contribution < -0.4 is 0 Å². The van der Waals surface area contributed by atoms with Crippen LogP contribution in [0.5, 0.6) is 0 Å². The van der Waals surface area contributed by atoms with E-state index >= 15 is 0 Å². The van der Waals surface area contributed by atoms with E-state index in [1.54, 1.807) is 46.7 Å². The largest absolute Gasteiger partial charge is 0.341 e. The molecular weight excluding hydrogens is 289 g/mol. The lowest BCUT2D eigenvalue weighted by molar-refractivity contribution is -0.129. The molecule has 4 nitrogen and oxygen atoms in total. The second-order valence-corrected chi connectivity index (χ2v) is 5.99. The molecule has 1 amide bonds. The van der Waals surface area contributed by atoms with Gasteiger partial charge in [0.1, 0.15) is 5.82 Å². The number of hydrogen-bond donors (Lipinski definition) is 0. The van der Waals surface area contributed by atoms with Crippen molar-refractivity contribution in [2.24, 2.45) is 7.05 Å². The number of aromatic nitrogens is 2. The van der Waals surface area contributed by atoms with Gasteiger partial charge in [0.25, 0.3) is 0 Å². The number of benzene rings is 1. The maximum Gasteiger partial charge on any atom is 0.223 e. The van der Waals surface area contributed by atoms with Crippen molar-refractivity contribution in [1.29, 1.82) is 0 Å². The smallest absolute Gasteiger partial charge is 0.223 e. The van der Waals surface area contributed by atoms with E-state index < -0.39 is 0 Å². The third kappa shape index (κ3) is 4.90. The summed E-state index contributed by atoms with van der Waals surface area (Å²) >= 11 is 1.55. The van der Waals surface area contributed by atoms with E-state index in [0.717, 1.165) is 10.5 Å². The van der Waals surface area contributed by atoms with Gasteiger partial charge < -0.3 is 4.90 Å². The van der Waals surface area contributed by atoms with Gasteiger partial charge >= 0.3 is 0 Å². The Morgan fingerprint density at radius 3 is 2.71 bits per heavy atom. The van der Waals surface area contributed by atoms with Crippen LogP contribution in [0, 0.1) is 5.82 Å². The number of halogens is 1. The van der Waals surface area contributed by atoms with Crippen molar-refractivity contribution >= 4 is 17.7 Å². The zero-order chi connectivity index (χ0) is 15.2. The molecule has 0 spiro atoms. The van der Waals surface area contributed by atoms with Crippen LogP contribution in [0.2, 0.25) is 0 Å². The molecule has 0 atom stereocenters. The summed E-state index contributed by atoms with van der Waals surface area (Å²) in [6.45, 7) is 0.563. The lowest BCUT2D eigenvalue weighted by atomic mass is 10.3. The molecule has 0 saturated heterocycles. The molecule has 0 saturated carbocycles. The van der Waals surface area contributed by atoms with Gasteiger partial charge in [-0.15, -0.1) is 11.8 Å². The fourth-order valence-electron chi connectivity index (χ4n) is 1.89. The summed E-state index contributed by atoms with van der Waals surface area (Å²) in [5.74, 6) is 0.530. The van der Waals surface area contributed by atoms with Crippen molar-refractivity contribution in [2.75, 3.05) is 12.8 Å². The topological polar surface area (TPSA) is 38.1 Å². The fraction of sp³-hybridized carbons (Fsp3) is 0.333. The van der Waals surface area contributed by atoms with Crippen molar-refractivity contribution in [3.05, 3.63) is 48.0 Å². The van der Waals surface area contributed by atoms with Crippen molar-refractivity contribution in [3.63, 3.8) is 0 Å². The number of carbonyl (C=O) groups excluding carboxylic acids is 1. The minimum absolute atomic E-state index is 0.0912. The van der Waals surface area contributed by atoms with Gasteiger partial charge in [-0.25, -0.2) is 4.39 Å². The number of carbonyl (C=O) groups is 1. The average Bonchev–Trinajstić information content (AvgIpc) is 2.86. The second-order valence-electron chi connectivity index (χ2n) is 4.82. The summed E-state index contributed by atoms with van der Waals surface area (Å²) in [6, 6.07) is 6.31. The van der Waals surface area contributed by atoms with Crippen LogP contribution in [0.15, 0.2) is 41.6 Å². The van der Waals surface area contributed by atoms with Crippen molar-refractivity contribution in [3.8, 4) is 0 Å². The van der Waals surface area contributed by atoms with Crippen LogP contribution in [0.25, 0.3) is 0 Å². The summed E-state index contributed by atoms with van der Waals surface area (Å²) in [5.41, 5.74) is 1.01. The SMILES string of the molecule is CN(Cc1cnn(C)c1)C(=O)CCSc1ccc(F)cc1. The van der Waals surface area contributed by atoms with Crippen LogP contribution in [-0.4, -0.2) is 33.4 Å². The molecule has 0 fully saturated rings. The molecule has 2 rings (SSSR count). The van der Waals surface area contributed by atoms with Crippen LogP contribution in [0.3, 0.4) is 0 Å². The summed E-state index contributed by atoms with van der Waals surface area (Å²) in [7, 11) is 3.64. The van der Waals surface area contributed by atoms with E-state index in [9.17, 15) is 9.18 Å². The Morgan fingerprint density at radius 2 is 2.10 bits per heavy atom. The molecule has 0 aliphatic rings. The molecule has 6 heteroatoms. The molecule has 0 unspecified atom stereocenters. The minimum Gasteiger partial charge on any atom is -0.341 e. The van der Waals surface area contributed by atoms with Crippen LogP contribution in [0.4, 0.5) is 4.39 Å². The van der Waals surface area contributed by atoms with Crippen LogP contribution in [0.1, 0.15) is 12.0 Å². The second kappa shape index (κ2) is 7.26. The molecule has 0 N–H and O–H groups in total. The lowest BCUT2D eigenvalue weighted by Gasteiger charge is -2.16. The van der Waals surface area contributed by atoms with E-state index in [2.05, 4.69) is 5.10 Å². The van der Waals surface area contributed by atoms with Gasteiger partial charge in [-0.3, -0.25) is 9.48 Å². The molecule has 0 radical (unpaired) electrons. The first-order valence-corrected chi connectivity index (χ1v) is 7.63. The summed E-state index contributed by atoms with van der Waals surface area (Å²) in [5, 5.41) is 4.08. The van der Waals surface area contributed by atoms with E-state index in [4.69, 9.17) is 0 Å². The van der Waals surface area contributed by atoms with Gasteiger partial charge in [0.05, 0.1) is 6.20 Å². The Bertz CT molecular complexity index is 597. The molecule has 112 valence electrons. The fourth-order valence-corrected chi connectivity index (χ4v) is 2.73. The first-order chi connectivity index (χ1) is 10.0. The summed E-state index contributed by atoms with van der Waals surface area (Å²) in [6.07, 6.45) is 4.12. The predicted molar refractivity (Wildman–Crippen MR) is 81.4 cm³/mol. The Balaban J connectivity index is 1.74. The number of amides is 1. The Labute approximate surface area is 127 Å². The lowest BCUT2D eigenvalue weighted by Crippen LogP contribution is -2.26. The zero-order valence-corrected chi connectivity index (χ0v) is 12.9. The molecular formula is C15H18FN3OS. The molecule has 1 heterocycles. The van der Waals surface area contributed by atoms with Gasteiger partial charge in [-0.1, -0.05) is 0 Å². The quantitative estimate of drug-likeness (QED) is 0.770. The first kappa shape index (κ1) is 15.6. The number of aryl methyl sites for hydroxylation is 1.